The van der Waals surface area contributed by atoms with Gasteiger partial charge in [0.2, 0.25) is 0 Å². The van der Waals surface area contributed by atoms with Crippen LogP contribution in [-0.2, 0) is 0 Å². The average Bonchev–Trinajstić information content (AvgIpc) is 3.05. The molecule has 0 atom stereocenters. The van der Waals surface area contributed by atoms with Crippen LogP contribution in [0.2, 0.25) is 0 Å². The van der Waals surface area contributed by atoms with E-state index in [0.29, 0.717) is 0 Å². The third kappa shape index (κ3) is 3.44. The molecule has 0 radical (unpaired) electrons. The number of rotatable bonds is 7. The maximum atomic E-state index is 5.77. The maximum Gasteiger partial charge on any atom is 0.159 e. The highest BCUT2D eigenvalue weighted by molar-refractivity contribution is 6.03. The van der Waals surface area contributed by atoms with Gasteiger partial charge < -0.3 is 20.0 Å². The molecule has 1 aliphatic heterocycles. The molecule has 0 bridgehead atoms. The van der Waals surface area contributed by atoms with Gasteiger partial charge in [0.15, 0.2) is 5.58 Å². The third-order valence-electron chi connectivity index (χ3n) is 4.76. The molecule has 2 N–H and O–H groups in total. The highest BCUT2D eigenvalue weighted by atomic mass is 16.3. The van der Waals surface area contributed by atoms with Gasteiger partial charge in [-0.1, -0.05) is 26.0 Å². The summed E-state index contributed by atoms with van der Waals surface area (Å²) in [6.07, 6.45) is 7.33. The highest BCUT2D eigenvalue weighted by Crippen LogP contribution is 2.39. The molecule has 0 amide bonds. The van der Waals surface area contributed by atoms with Gasteiger partial charge in [-0.25, -0.2) is 0 Å². The van der Waals surface area contributed by atoms with E-state index in [1.807, 2.05) is 0 Å². The Labute approximate surface area is 144 Å². The van der Waals surface area contributed by atoms with Gasteiger partial charge in [-0.15, -0.1) is 0 Å². The summed E-state index contributed by atoms with van der Waals surface area (Å²) >= 11 is 0. The molecular formula is C20H29N3O. The van der Waals surface area contributed by atoms with E-state index in [0.717, 1.165) is 49.3 Å². The molecule has 0 unspecified atom stereocenters. The van der Waals surface area contributed by atoms with E-state index in [-0.39, 0.29) is 5.54 Å². The predicted molar refractivity (Wildman–Crippen MR) is 104 cm³/mol. The Hall–Kier alpha value is -1.94. The SMILES string of the molecule is CCN(CC)CCCNc1cc2c(c3ccoc13)NC(C)(C)C=C2. The van der Waals surface area contributed by atoms with Crippen LogP contribution in [0.25, 0.3) is 17.0 Å². The van der Waals surface area contributed by atoms with Crippen molar-refractivity contribution in [3.05, 3.63) is 30.0 Å². The number of anilines is 2. The van der Waals surface area contributed by atoms with Gasteiger partial charge in [-0.2, -0.15) is 0 Å². The van der Waals surface area contributed by atoms with Crippen molar-refractivity contribution in [1.29, 1.82) is 0 Å². The number of nitrogens with one attached hydrogen (secondary N) is 2. The summed E-state index contributed by atoms with van der Waals surface area (Å²) in [5.74, 6) is 0. The largest absolute Gasteiger partial charge is 0.462 e. The summed E-state index contributed by atoms with van der Waals surface area (Å²) in [6, 6.07) is 4.24. The molecule has 0 saturated carbocycles. The van der Waals surface area contributed by atoms with Crippen molar-refractivity contribution in [3.8, 4) is 0 Å². The number of fused-ring (bicyclic) bond motifs is 3. The molecule has 1 aliphatic rings. The normalized spacial score (nSPS) is 15.5. The molecule has 0 aliphatic carbocycles. The smallest absolute Gasteiger partial charge is 0.159 e. The fraction of sp³-hybridized carbons (Fsp3) is 0.500. The molecule has 0 spiro atoms. The monoisotopic (exact) mass is 327 g/mol. The number of nitrogens with zero attached hydrogens (tertiary/aromatic N) is 1. The molecule has 0 fully saturated rings. The number of benzene rings is 1. The fourth-order valence-corrected chi connectivity index (χ4v) is 3.29. The van der Waals surface area contributed by atoms with Crippen molar-refractivity contribution in [1.82, 2.24) is 4.90 Å². The van der Waals surface area contributed by atoms with Crippen LogP contribution >= 0.6 is 0 Å². The lowest BCUT2D eigenvalue weighted by Gasteiger charge is -2.29. The van der Waals surface area contributed by atoms with Gasteiger partial charge in [0.1, 0.15) is 0 Å². The molecule has 4 nitrogen and oxygen atoms in total. The zero-order valence-corrected chi connectivity index (χ0v) is 15.3. The van der Waals surface area contributed by atoms with Crippen LogP contribution in [0.5, 0.6) is 0 Å². The average molecular weight is 327 g/mol. The van der Waals surface area contributed by atoms with E-state index in [9.17, 15) is 0 Å². The maximum absolute atomic E-state index is 5.77. The minimum atomic E-state index is -0.0318. The number of furan rings is 1. The van der Waals surface area contributed by atoms with Gasteiger partial charge in [0.25, 0.3) is 0 Å². The molecule has 1 aromatic carbocycles. The van der Waals surface area contributed by atoms with Crippen molar-refractivity contribution in [2.24, 2.45) is 0 Å². The lowest BCUT2D eigenvalue weighted by molar-refractivity contribution is 0.303. The fourth-order valence-electron chi connectivity index (χ4n) is 3.29. The second kappa shape index (κ2) is 6.89. The van der Waals surface area contributed by atoms with Gasteiger partial charge in [0, 0.05) is 17.5 Å². The van der Waals surface area contributed by atoms with Crippen LogP contribution in [0, 0.1) is 0 Å². The Balaban J connectivity index is 1.77. The first kappa shape index (κ1) is 16.9. The molecule has 2 aromatic rings. The van der Waals surface area contributed by atoms with Crippen molar-refractivity contribution in [2.75, 3.05) is 36.8 Å². The Morgan fingerprint density at radius 2 is 2.04 bits per heavy atom. The van der Waals surface area contributed by atoms with Gasteiger partial charge in [-0.05, 0) is 52.0 Å². The number of hydrogen-bond donors (Lipinski definition) is 2. The highest BCUT2D eigenvalue weighted by Gasteiger charge is 2.23. The zero-order chi connectivity index (χ0) is 17.2. The Bertz CT molecular complexity index is 726. The van der Waals surface area contributed by atoms with E-state index in [2.05, 4.69) is 67.5 Å². The van der Waals surface area contributed by atoms with Crippen LogP contribution in [-0.4, -0.2) is 36.6 Å². The minimum Gasteiger partial charge on any atom is -0.462 e. The summed E-state index contributed by atoms with van der Waals surface area (Å²) in [5, 5.41) is 8.32. The van der Waals surface area contributed by atoms with E-state index in [1.54, 1.807) is 6.26 Å². The van der Waals surface area contributed by atoms with Crippen molar-refractivity contribution >= 4 is 28.4 Å². The lowest BCUT2D eigenvalue weighted by atomic mass is 9.95. The molecule has 1 aromatic heterocycles. The predicted octanol–water partition coefficient (Wildman–Crippen LogP) is 4.79. The molecule has 2 heterocycles. The van der Waals surface area contributed by atoms with Gasteiger partial charge in [-0.3, -0.25) is 0 Å². The van der Waals surface area contributed by atoms with Crippen LogP contribution in [0.4, 0.5) is 11.4 Å². The lowest BCUT2D eigenvalue weighted by Crippen LogP contribution is -2.30. The summed E-state index contributed by atoms with van der Waals surface area (Å²) in [6.45, 7) is 13.1. The van der Waals surface area contributed by atoms with Crippen LogP contribution in [0.1, 0.15) is 39.7 Å². The van der Waals surface area contributed by atoms with Crippen LogP contribution in [0.3, 0.4) is 0 Å². The van der Waals surface area contributed by atoms with Crippen LogP contribution in [0.15, 0.2) is 28.9 Å². The topological polar surface area (TPSA) is 40.4 Å². The summed E-state index contributed by atoms with van der Waals surface area (Å²) in [7, 11) is 0. The third-order valence-corrected chi connectivity index (χ3v) is 4.76. The Kier molecular flexibility index (Phi) is 4.86. The molecule has 130 valence electrons. The molecule has 24 heavy (non-hydrogen) atoms. The van der Waals surface area contributed by atoms with E-state index in [4.69, 9.17) is 4.42 Å². The Morgan fingerprint density at radius 1 is 1.25 bits per heavy atom. The first-order valence-corrected chi connectivity index (χ1v) is 9.02. The molecule has 3 rings (SSSR count). The van der Waals surface area contributed by atoms with E-state index in [1.165, 1.54) is 11.3 Å². The molecule has 4 heteroatoms. The number of hydrogen-bond acceptors (Lipinski definition) is 4. The zero-order valence-electron chi connectivity index (χ0n) is 15.3. The van der Waals surface area contributed by atoms with Gasteiger partial charge >= 0.3 is 0 Å². The molecule has 0 saturated heterocycles. The minimum absolute atomic E-state index is 0.0318. The van der Waals surface area contributed by atoms with Crippen molar-refractivity contribution in [2.45, 2.75) is 39.7 Å². The summed E-state index contributed by atoms with van der Waals surface area (Å²) in [5.41, 5.74) is 4.37. The van der Waals surface area contributed by atoms with Crippen molar-refractivity contribution < 1.29 is 4.42 Å². The first-order chi connectivity index (χ1) is 11.5. The first-order valence-electron chi connectivity index (χ1n) is 9.02. The molecular weight excluding hydrogens is 298 g/mol. The van der Waals surface area contributed by atoms with E-state index < -0.39 is 0 Å². The Morgan fingerprint density at radius 3 is 2.79 bits per heavy atom. The summed E-state index contributed by atoms with van der Waals surface area (Å²) < 4.78 is 5.77. The summed E-state index contributed by atoms with van der Waals surface area (Å²) in [4.78, 5) is 2.45. The van der Waals surface area contributed by atoms with Gasteiger partial charge in [0.05, 0.1) is 23.2 Å². The van der Waals surface area contributed by atoms with E-state index >= 15 is 0 Å². The standard InChI is InChI=1S/C20H29N3O/c1-5-23(6-2)12-7-11-21-17-14-15-8-10-20(3,4)22-18(15)16-9-13-24-19(16)17/h8-10,13-14,21-22H,5-7,11-12H2,1-4H3. The quantitative estimate of drug-likeness (QED) is 0.717. The van der Waals surface area contributed by atoms with Crippen molar-refractivity contribution in [3.63, 3.8) is 0 Å². The van der Waals surface area contributed by atoms with Crippen LogP contribution < -0.4 is 10.6 Å². The second-order valence-electron chi connectivity index (χ2n) is 7.04. The second-order valence-corrected chi connectivity index (χ2v) is 7.04.